The van der Waals surface area contributed by atoms with Gasteiger partial charge in [-0.1, -0.05) is 60.7 Å². The van der Waals surface area contributed by atoms with Crippen molar-refractivity contribution in [2.45, 2.75) is 31.4 Å². The molecule has 1 aliphatic heterocycles. The fourth-order valence-electron chi connectivity index (χ4n) is 3.16. The Balaban J connectivity index is 0.00000243. The number of hydrogen-bond donors (Lipinski definition) is 2. The van der Waals surface area contributed by atoms with Crippen molar-refractivity contribution in [3.05, 3.63) is 71.8 Å². The second-order valence-electron chi connectivity index (χ2n) is 6.41. The lowest BCUT2D eigenvalue weighted by molar-refractivity contribution is -0.135. The number of amides is 1. The number of rotatable bonds is 7. The van der Waals surface area contributed by atoms with Gasteiger partial charge in [0, 0.05) is 13.1 Å². The average molecular weight is 375 g/mol. The minimum atomic E-state index is -0.394. The van der Waals surface area contributed by atoms with Crippen molar-refractivity contribution < 1.29 is 9.53 Å². The Morgan fingerprint density at radius 2 is 1.81 bits per heavy atom. The van der Waals surface area contributed by atoms with Gasteiger partial charge in [-0.25, -0.2) is 0 Å². The normalized spacial score (nSPS) is 17.8. The van der Waals surface area contributed by atoms with Gasteiger partial charge in [0.25, 0.3) is 5.91 Å². The predicted molar refractivity (Wildman–Crippen MR) is 107 cm³/mol. The Bertz CT molecular complexity index is 646. The van der Waals surface area contributed by atoms with Crippen LogP contribution < -0.4 is 10.6 Å². The Labute approximate surface area is 161 Å². The highest BCUT2D eigenvalue weighted by molar-refractivity contribution is 5.85. The van der Waals surface area contributed by atoms with E-state index in [1.165, 1.54) is 5.56 Å². The van der Waals surface area contributed by atoms with E-state index in [1.54, 1.807) is 0 Å². The minimum absolute atomic E-state index is 0. The zero-order valence-corrected chi connectivity index (χ0v) is 15.7. The van der Waals surface area contributed by atoms with Crippen molar-refractivity contribution in [3.63, 3.8) is 0 Å². The molecule has 0 aromatic heterocycles. The van der Waals surface area contributed by atoms with E-state index in [4.69, 9.17) is 4.74 Å². The molecule has 0 radical (unpaired) electrons. The highest BCUT2D eigenvalue weighted by atomic mass is 35.5. The van der Waals surface area contributed by atoms with Crippen molar-refractivity contribution in [1.29, 1.82) is 0 Å². The van der Waals surface area contributed by atoms with Gasteiger partial charge in [-0.15, -0.1) is 12.4 Å². The van der Waals surface area contributed by atoms with Crippen LogP contribution in [-0.4, -0.2) is 31.7 Å². The van der Waals surface area contributed by atoms with Gasteiger partial charge in [-0.3, -0.25) is 4.79 Å². The molecule has 0 saturated carbocycles. The summed E-state index contributed by atoms with van der Waals surface area (Å²) in [7, 11) is 0. The molecule has 2 aromatic carbocycles. The maximum atomic E-state index is 12.5. The molecule has 0 spiro atoms. The molecule has 1 fully saturated rings. The summed E-state index contributed by atoms with van der Waals surface area (Å²) in [6.45, 7) is 1.97. The van der Waals surface area contributed by atoms with Gasteiger partial charge in [-0.2, -0.15) is 0 Å². The molecule has 2 unspecified atom stereocenters. The molecule has 2 aromatic rings. The molecule has 26 heavy (non-hydrogen) atoms. The molecule has 140 valence electrons. The lowest BCUT2D eigenvalue weighted by atomic mass is 9.98. The molecular formula is C21H27ClN2O2. The maximum Gasteiger partial charge on any atom is 0.250 e. The van der Waals surface area contributed by atoms with Crippen LogP contribution in [-0.2, 0) is 16.0 Å². The lowest BCUT2D eigenvalue weighted by Crippen LogP contribution is -2.48. The molecule has 5 heteroatoms. The first kappa shape index (κ1) is 20.4. The number of benzene rings is 2. The molecule has 1 aliphatic rings. The quantitative estimate of drug-likeness (QED) is 0.782. The summed E-state index contributed by atoms with van der Waals surface area (Å²) >= 11 is 0. The standard InChI is InChI=1S/C21H26N2O2.ClH/c24-21(20-16-22-14-15-25-20)23-19(18-11-5-2-6-12-18)13-7-10-17-8-3-1-4-9-17;/h1-6,8-9,11-12,19-20,22H,7,10,13-16H2,(H,23,24);1H. The zero-order valence-electron chi connectivity index (χ0n) is 14.9. The lowest BCUT2D eigenvalue weighted by Gasteiger charge is -2.26. The first-order chi connectivity index (χ1) is 12.3. The van der Waals surface area contributed by atoms with Gasteiger partial charge in [0.05, 0.1) is 12.6 Å². The number of aryl methyl sites for hydroxylation is 1. The number of hydrogen-bond acceptors (Lipinski definition) is 3. The van der Waals surface area contributed by atoms with Crippen LogP contribution in [0.25, 0.3) is 0 Å². The van der Waals surface area contributed by atoms with Crippen molar-refractivity contribution in [1.82, 2.24) is 10.6 Å². The number of carbonyl (C=O) groups excluding carboxylic acids is 1. The van der Waals surface area contributed by atoms with Gasteiger partial charge in [0.1, 0.15) is 6.10 Å². The van der Waals surface area contributed by atoms with E-state index in [-0.39, 0.29) is 24.4 Å². The molecule has 0 bridgehead atoms. The van der Waals surface area contributed by atoms with Crippen LogP contribution in [0, 0.1) is 0 Å². The summed E-state index contributed by atoms with van der Waals surface area (Å²) in [5, 5.41) is 6.39. The van der Waals surface area contributed by atoms with Crippen molar-refractivity contribution in [2.75, 3.05) is 19.7 Å². The summed E-state index contributed by atoms with van der Waals surface area (Å²) in [4.78, 5) is 12.5. The SMILES string of the molecule is Cl.O=C(NC(CCCc1ccccc1)c1ccccc1)C1CNCCO1. The van der Waals surface area contributed by atoms with Crippen LogP contribution in [0.5, 0.6) is 0 Å². The van der Waals surface area contributed by atoms with Crippen LogP contribution in [0.4, 0.5) is 0 Å². The smallest absolute Gasteiger partial charge is 0.250 e. The highest BCUT2D eigenvalue weighted by Crippen LogP contribution is 2.20. The fraction of sp³-hybridized carbons (Fsp3) is 0.381. The van der Waals surface area contributed by atoms with Crippen LogP contribution in [0.1, 0.15) is 30.0 Å². The van der Waals surface area contributed by atoms with Crippen LogP contribution in [0.3, 0.4) is 0 Å². The summed E-state index contributed by atoms with van der Waals surface area (Å²) in [5.74, 6) is -0.0271. The molecule has 4 nitrogen and oxygen atoms in total. The molecule has 1 saturated heterocycles. The Kier molecular flexibility index (Phi) is 8.62. The van der Waals surface area contributed by atoms with Crippen LogP contribution in [0.2, 0.25) is 0 Å². The number of morpholine rings is 1. The van der Waals surface area contributed by atoms with E-state index in [2.05, 4.69) is 47.0 Å². The molecule has 1 amide bonds. The third kappa shape index (κ3) is 6.13. The molecule has 2 atom stereocenters. The van der Waals surface area contributed by atoms with Crippen molar-refractivity contribution in [3.8, 4) is 0 Å². The van der Waals surface area contributed by atoms with Crippen LogP contribution >= 0.6 is 12.4 Å². The van der Waals surface area contributed by atoms with Gasteiger partial charge >= 0.3 is 0 Å². The second-order valence-corrected chi connectivity index (χ2v) is 6.41. The van der Waals surface area contributed by atoms with Crippen molar-refractivity contribution in [2.24, 2.45) is 0 Å². The zero-order chi connectivity index (χ0) is 17.3. The van der Waals surface area contributed by atoms with Gasteiger partial charge in [0.2, 0.25) is 0 Å². The summed E-state index contributed by atoms with van der Waals surface area (Å²) in [6, 6.07) is 20.7. The number of carbonyl (C=O) groups is 1. The molecule has 3 rings (SSSR count). The topological polar surface area (TPSA) is 50.4 Å². The van der Waals surface area contributed by atoms with E-state index in [0.29, 0.717) is 13.2 Å². The second kappa shape index (κ2) is 11.0. The Morgan fingerprint density at radius 3 is 2.46 bits per heavy atom. The summed E-state index contributed by atoms with van der Waals surface area (Å²) in [5.41, 5.74) is 2.48. The Morgan fingerprint density at radius 1 is 1.12 bits per heavy atom. The van der Waals surface area contributed by atoms with Crippen LogP contribution in [0.15, 0.2) is 60.7 Å². The van der Waals surface area contributed by atoms with E-state index < -0.39 is 6.10 Å². The Hall–Kier alpha value is -1.88. The number of halogens is 1. The molecule has 2 N–H and O–H groups in total. The minimum Gasteiger partial charge on any atom is -0.366 e. The number of nitrogens with one attached hydrogen (secondary N) is 2. The average Bonchev–Trinajstić information content (AvgIpc) is 2.69. The maximum absolute atomic E-state index is 12.5. The third-order valence-corrected chi connectivity index (χ3v) is 4.54. The van der Waals surface area contributed by atoms with E-state index in [0.717, 1.165) is 31.4 Å². The van der Waals surface area contributed by atoms with Gasteiger partial charge < -0.3 is 15.4 Å². The largest absolute Gasteiger partial charge is 0.366 e. The van der Waals surface area contributed by atoms with E-state index in [9.17, 15) is 4.79 Å². The molecule has 0 aliphatic carbocycles. The fourth-order valence-corrected chi connectivity index (χ4v) is 3.16. The first-order valence-electron chi connectivity index (χ1n) is 9.04. The molecule has 1 heterocycles. The van der Waals surface area contributed by atoms with Gasteiger partial charge in [-0.05, 0) is 30.4 Å². The highest BCUT2D eigenvalue weighted by Gasteiger charge is 2.24. The van der Waals surface area contributed by atoms with Gasteiger partial charge in [0.15, 0.2) is 0 Å². The molecular weight excluding hydrogens is 348 g/mol. The first-order valence-corrected chi connectivity index (χ1v) is 9.04. The predicted octanol–water partition coefficient (Wildman–Crippen LogP) is 3.28. The summed E-state index contributed by atoms with van der Waals surface area (Å²) in [6.07, 6.45) is 2.55. The number of ether oxygens (including phenoxy) is 1. The van der Waals surface area contributed by atoms with E-state index in [1.807, 2.05) is 24.3 Å². The summed E-state index contributed by atoms with van der Waals surface area (Å²) < 4.78 is 5.58. The van der Waals surface area contributed by atoms with E-state index >= 15 is 0 Å². The monoisotopic (exact) mass is 374 g/mol. The third-order valence-electron chi connectivity index (χ3n) is 4.54. The van der Waals surface area contributed by atoms with Crippen molar-refractivity contribution >= 4 is 18.3 Å².